The Labute approximate surface area is 135 Å². The van der Waals surface area contributed by atoms with Gasteiger partial charge < -0.3 is 4.42 Å². The van der Waals surface area contributed by atoms with Crippen molar-refractivity contribution < 1.29 is 21.6 Å². The van der Waals surface area contributed by atoms with Gasteiger partial charge in [0.05, 0.1) is 16.1 Å². The number of nitrogens with zero attached hydrogens (tertiary/aromatic N) is 1. The molecule has 6 nitrogen and oxygen atoms in total. The molecule has 0 radical (unpaired) electrons. The molecule has 3 aromatic rings. The van der Waals surface area contributed by atoms with Gasteiger partial charge in [0.15, 0.2) is 5.58 Å². The van der Waals surface area contributed by atoms with Crippen molar-refractivity contribution in [1.29, 1.82) is 0 Å². The van der Waals surface area contributed by atoms with E-state index in [-0.39, 0.29) is 16.2 Å². The zero-order chi connectivity index (χ0) is 17.6. The van der Waals surface area contributed by atoms with Crippen LogP contribution in [0.25, 0.3) is 11.1 Å². The summed E-state index contributed by atoms with van der Waals surface area (Å²) in [6, 6.07) is 5.17. The van der Waals surface area contributed by atoms with Gasteiger partial charge in [0.2, 0.25) is 0 Å². The first-order chi connectivity index (χ1) is 11.2. The van der Waals surface area contributed by atoms with E-state index in [0.717, 1.165) is 12.1 Å². The normalized spacial score (nSPS) is 11.8. The number of hydrogen-bond acceptors (Lipinski definition) is 4. The van der Waals surface area contributed by atoms with Crippen molar-refractivity contribution in [3.05, 3.63) is 58.1 Å². The average Bonchev–Trinajstić information content (AvgIpc) is 2.76. The highest BCUT2D eigenvalue weighted by molar-refractivity contribution is 7.92. The molecule has 1 heterocycles. The lowest BCUT2D eigenvalue weighted by Crippen LogP contribution is -2.15. The van der Waals surface area contributed by atoms with E-state index in [2.05, 4.69) is 4.72 Å². The minimum atomic E-state index is -4.16. The number of aryl methyl sites for hydroxylation is 2. The highest BCUT2D eigenvalue weighted by Crippen LogP contribution is 2.25. The molecule has 0 unspecified atom stereocenters. The summed E-state index contributed by atoms with van der Waals surface area (Å²) in [6.07, 6.45) is 0. The molecule has 9 heteroatoms. The molecule has 1 N–H and O–H groups in total. The van der Waals surface area contributed by atoms with Gasteiger partial charge in [-0.3, -0.25) is 9.29 Å². The molecular formula is C15H12F2N2O4S. The summed E-state index contributed by atoms with van der Waals surface area (Å²) in [5.74, 6) is -2.49. The largest absolute Gasteiger partial charge is 0.419 e. The molecule has 0 saturated heterocycles. The van der Waals surface area contributed by atoms with Gasteiger partial charge in [-0.2, -0.15) is 0 Å². The van der Waals surface area contributed by atoms with Crippen LogP contribution in [0.15, 0.2) is 44.4 Å². The van der Waals surface area contributed by atoms with E-state index in [4.69, 9.17) is 4.42 Å². The monoisotopic (exact) mass is 354 g/mol. The van der Waals surface area contributed by atoms with Crippen LogP contribution < -0.4 is 10.5 Å². The highest BCUT2D eigenvalue weighted by atomic mass is 32.2. The van der Waals surface area contributed by atoms with Gasteiger partial charge in [-0.15, -0.1) is 0 Å². The zero-order valence-corrected chi connectivity index (χ0v) is 13.4. The maximum absolute atomic E-state index is 13.7. The van der Waals surface area contributed by atoms with E-state index < -0.39 is 27.4 Å². The van der Waals surface area contributed by atoms with Crippen LogP contribution in [-0.2, 0) is 17.1 Å². The number of halogens is 2. The number of oxazole rings is 1. The summed E-state index contributed by atoms with van der Waals surface area (Å²) in [6.45, 7) is 1.53. The third-order valence-electron chi connectivity index (χ3n) is 3.55. The Kier molecular flexibility index (Phi) is 3.67. The molecule has 0 aliphatic rings. The summed E-state index contributed by atoms with van der Waals surface area (Å²) in [4.78, 5) is 11.4. The number of sulfonamides is 1. The van der Waals surface area contributed by atoms with Crippen LogP contribution in [0.2, 0.25) is 0 Å². The van der Waals surface area contributed by atoms with Crippen LogP contribution in [0.4, 0.5) is 14.5 Å². The molecule has 0 bridgehead atoms. The quantitative estimate of drug-likeness (QED) is 0.784. The first kappa shape index (κ1) is 16.2. The van der Waals surface area contributed by atoms with E-state index in [0.29, 0.717) is 17.1 Å². The number of nitrogens with one attached hydrogen (secondary N) is 1. The second-order valence-corrected chi connectivity index (χ2v) is 6.89. The van der Waals surface area contributed by atoms with Crippen molar-refractivity contribution in [3.63, 3.8) is 0 Å². The van der Waals surface area contributed by atoms with Crippen LogP contribution >= 0.6 is 0 Å². The molecule has 0 spiro atoms. The standard InChI is InChI=1S/C15H12F2N2O4S/c1-8-5-12-13(23-15(20)19(12)2)7-14(8)24(21,22)18-11-4-3-9(16)6-10(11)17/h3-7,18H,1-2H3. The lowest BCUT2D eigenvalue weighted by molar-refractivity contribution is 0.527. The van der Waals surface area contributed by atoms with Crippen molar-refractivity contribution in [1.82, 2.24) is 4.57 Å². The van der Waals surface area contributed by atoms with Crippen LogP contribution in [0.1, 0.15) is 5.56 Å². The minimum Gasteiger partial charge on any atom is -0.408 e. The molecule has 0 aliphatic carbocycles. The Morgan fingerprint density at radius 2 is 1.88 bits per heavy atom. The SMILES string of the molecule is Cc1cc2c(cc1S(=O)(=O)Nc1ccc(F)cc1F)oc(=O)n2C. The van der Waals surface area contributed by atoms with Crippen molar-refractivity contribution in [2.24, 2.45) is 7.05 Å². The number of aromatic nitrogens is 1. The lowest BCUT2D eigenvalue weighted by Gasteiger charge is -2.11. The fourth-order valence-electron chi connectivity index (χ4n) is 2.32. The Bertz CT molecular complexity index is 1120. The predicted molar refractivity (Wildman–Crippen MR) is 83.4 cm³/mol. The lowest BCUT2D eigenvalue weighted by atomic mass is 10.2. The molecule has 0 atom stereocenters. The summed E-state index contributed by atoms with van der Waals surface area (Å²) in [5, 5.41) is 0. The van der Waals surface area contributed by atoms with Crippen LogP contribution in [0, 0.1) is 18.6 Å². The van der Waals surface area contributed by atoms with Gasteiger partial charge >= 0.3 is 5.76 Å². The average molecular weight is 354 g/mol. The first-order valence-electron chi connectivity index (χ1n) is 6.77. The van der Waals surface area contributed by atoms with Crippen molar-refractivity contribution >= 4 is 26.8 Å². The van der Waals surface area contributed by atoms with Gasteiger partial charge in [0.1, 0.15) is 11.6 Å². The van der Waals surface area contributed by atoms with Crippen molar-refractivity contribution in [2.75, 3.05) is 4.72 Å². The fourth-order valence-corrected chi connectivity index (χ4v) is 3.63. The maximum Gasteiger partial charge on any atom is 0.419 e. The predicted octanol–water partition coefficient (Wildman–Crippen LogP) is 2.52. The van der Waals surface area contributed by atoms with E-state index in [1.165, 1.54) is 30.7 Å². The summed E-state index contributed by atoms with van der Waals surface area (Å²) in [7, 11) is -2.66. The van der Waals surface area contributed by atoms with E-state index in [1.807, 2.05) is 0 Å². The van der Waals surface area contributed by atoms with Crippen molar-refractivity contribution in [3.8, 4) is 0 Å². The number of anilines is 1. The van der Waals surface area contributed by atoms with Crippen LogP contribution in [0.5, 0.6) is 0 Å². The number of rotatable bonds is 3. The molecule has 0 aliphatic heterocycles. The van der Waals surface area contributed by atoms with E-state index in [9.17, 15) is 22.0 Å². The third kappa shape index (κ3) is 2.67. The van der Waals surface area contributed by atoms with Gasteiger partial charge in [-0.1, -0.05) is 0 Å². The van der Waals surface area contributed by atoms with Gasteiger partial charge in [-0.25, -0.2) is 22.0 Å². The molecular weight excluding hydrogens is 342 g/mol. The second kappa shape index (κ2) is 5.45. The molecule has 24 heavy (non-hydrogen) atoms. The highest BCUT2D eigenvalue weighted by Gasteiger charge is 2.21. The molecule has 1 aromatic heterocycles. The van der Waals surface area contributed by atoms with Crippen molar-refractivity contribution in [2.45, 2.75) is 11.8 Å². The molecule has 3 rings (SSSR count). The first-order valence-corrected chi connectivity index (χ1v) is 8.25. The molecule has 0 saturated carbocycles. The van der Waals surface area contributed by atoms with Gasteiger partial charge in [-0.05, 0) is 30.7 Å². The minimum absolute atomic E-state index is 0.0908. The number of hydrogen-bond donors (Lipinski definition) is 1. The smallest absolute Gasteiger partial charge is 0.408 e. The Morgan fingerprint density at radius 1 is 1.17 bits per heavy atom. The summed E-state index contributed by atoms with van der Waals surface area (Å²) < 4.78 is 59.9. The molecule has 0 amide bonds. The molecule has 0 fully saturated rings. The topological polar surface area (TPSA) is 81.3 Å². The van der Waals surface area contributed by atoms with E-state index >= 15 is 0 Å². The van der Waals surface area contributed by atoms with Crippen LogP contribution in [-0.4, -0.2) is 13.0 Å². The maximum atomic E-state index is 13.7. The Morgan fingerprint density at radius 3 is 2.54 bits per heavy atom. The summed E-state index contributed by atoms with van der Waals surface area (Å²) in [5.41, 5.74) is 0.483. The molecule has 2 aromatic carbocycles. The zero-order valence-electron chi connectivity index (χ0n) is 12.6. The number of fused-ring (bicyclic) bond motifs is 1. The summed E-state index contributed by atoms with van der Waals surface area (Å²) >= 11 is 0. The Hall–Kier alpha value is -2.68. The fraction of sp³-hybridized carbons (Fsp3) is 0.133. The molecule has 126 valence electrons. The van der Waals surface area contributed by atoms with Gasteiger partial charge in [0, 0.05) is 19.2 Å². The van der Waals surface area contributed by atoms with Crippen LogP contribution in [0.3, 0.4) is 0 Å². The third-order valence-corrected chi connectivity index (χ3v) is 5.06. The van der Waals surface area contributed by atoms with Gasteiger partial charge in [0.25, 0.3) is 10.0 Å². The van der Waals surface area contributed by atoms with E-state index in [1.54, 1.807) is 0 Å². The second-order valence-electron chi connectivity index (χ2n) is 5.24. The Balaban J connectivity index is 2.11. The number of benzene rings is 2.